The molecule has 0 bridgehead atoms. The minimum atomic E-state index is -4.32. The zero-order valence-electron chi connectivity index (χ0n) is 18.6. The third-order valence-electron chi connectivity index (χ3n) is 3.83. The minimum absolute atomic E-state index is 0.852. The standard InChI is InChI=1S/C14H18.C5H5F3N2.C3H7N.C2H6/c1-2-3-4-5-6-8-11-14-12-9-7-10-13-14;1-10-3-2-4(9-10)5(6,7)8;1-2-4-3-1;1-2/h2-3,5-7,9-10,12-13H,4,8,11H2,1H3;2-3H,1H3;4H,1-3H2;1-2H3/b3-2-,6-5-;;;. The van der Waals surface area contributed by atoms with Crippen LogP contribution in [0.1, 0.15) is 51.3 Å². The van der Waals surface area contributed by atoms with Gasteiger partial charge in [0.1, 0.15) is 0 Å². The van der Waals surface area contributed by atoms with E-state index in [0.29, 0.717) is 0 Å². The maximum atomic E-state index is 11.7. The quantitative estimate of drug-likeness (QED) is 0.550. The van der Waals surface area contributed by atoms with Crippen molar-refractivity contribution >= 4 is 0 Å². The molecule has 1 N–H and O–H groups in total. The Bertz CT molecular complexity index is 681. The smallest absolute Gasteiger partial charge is 0.317 e. The fourth-order valence-electron chi connectivity index (χ4n) is 2.07. The van der Waals surface area contributed by atoms with E-state index in [-0.39, 0.29) is 0 Å². The Morgan fingerprint density at radius 1 is 1.03 bits per heavy atom. The van der Waals surface area contributed by atoms with Gasteiger partial charge >= 0.3 is 6.18 Å². The molecule has 0 saturated carbocycles. The Balaban J connectivity index is 0.000000454. The van der Waals surface area contributed by atoms with Crippen molar-refractivity contribution in [1.82, 2.24) is 15.1 Å². The Kier molecular flexibility index (Phi) is 16.1. The summed E-state index contributed by atoms with van der Waals surface area (Å²) >= 11 is 0. The molecule has 0 unspecified atom stereocenters. The van der Waals surface area contributed by atoms with E-state index in [0.717, 1.165) is 30.0 Å². The predicted octanol–water partition coefficient (Wildman–Crippen LogP) is 6.59. The van der Waals surface area contributed by atoms with E-state index in [1.54, 1.807) is 0 Å². The Hall–Kier alpha value is -2.34. The van der Waals surface area contributed by atoms with E-state index in [2.05, 4.69) is 72.0 Å². The summed E-state index contributed by atoms with van der Waals surface area (Å²) in [5, 5.41) is 6.28. The predicted molar refractivity (Wildman–Crippen MR) is 120 cm³/mol. The van der Waals surface area contributed by atoms with Gasteiger partial charge < -0.3 is 5.32 Å². The van der Waals surface area contributed by atoms with Gasteiger partial charge in [0.05, 0.1) is 0 Å². The van der Waals surface area contributed by atoms with Crippen LogP contribution in [-0.4, -0.2) is 22.9 Å². The van der Waals surface area contributed by atoms with E-state index < -0.39 is 11.9 Å². The average Bonchev–Trinajstić information content (AvgIpc) is 3.13. The first-order chi connectivity index (χ1) is 14.4. The molecule has 1 aromatic heterocycles. The number of hydrogen-bond donors (Lipinski definition) is 1. The lowest BCUT2D eigenvalue weighted by Crippen LogP contribution is -2.29. The SMILES string of the molecule is C/C=C\C/C=C\CCc1ccccc1.C1CNC1.CC.Cn1ccc(C(F)(F)F)n1. The lowest BCUT2D eigenvalue weighted by atomic mass is 10.1. The summed E-state index contributed by atoms with van der Waals surface area (Å²) in [6, 6.07) is 11.5. The van der Waals surface area contributed by atoms with Crippen LogP contribution < -0.4 is 5.32 Å². The normalized spacial score (nSPS) is 12.8. The highest BCUT2D eigenvalue weighted by molar-refractivity contribution is 5.15. The molecule has 2 heterocycles. The van der Waals surface area contributed by atoms with Crippen molar-refractivity contribution in [3.05, 3.63) is 78.2 Å². The first-order valence-corrected chi connectivity index (χ1v) is 10.5. The second-order valence-corrected chi connectivity index (χ2v) is 6.28. The molecule has 6 heteroatoms. The summed E-state index contributed by atoms with van der Waals surface area (Å²) in [5.74, 6) is 0. The van der Waals surface area contributed by atoms with Crippen LogP contribution in [0.5, 0.6) is 0 Å². The van der Waals surface area contributed by atoms with E-state index in [4.69, 9.17) is 0 Å². The molecule has 1 aromatic carbocycles. The van der Waals surface area contributed by atoms with Crippen LogP contribution in [0.4, 0.5) is 13.2 Å². The number of allylic oxidation sites excluding steroid dienone is 4. The van der Waals surface area contributed by atoms with Gasteiger partial charge in [0.2, 0.25) is 0 Å². The number of aromatic nitrogens is 2. The third kappa shape index (κ3) is 14.6. The van der Waals surface area contributed by atoms with Gasteiger partial charge in [-0.25, -0.2) is 0 Å². The highest BCUT2D eigenvalue weighted by Gasteiger charge is 2.33. The summed E-state index contributed by atoms with van der Waals surface area (Å²) in [4.78, 5) is 0. The molecule has 168 valence electrons. The summed E-state index contributed by atoms with van der Waals surface area (Å²) in [6.45, 7) is 8.55. The van der Waals surface area contributed by atoms with Crippen molar-refractivity contribution in [3.8, 4) is 0 Å². The number of alkyl halides is 3. The highest BCUT2D eigenvalue weighted by atomic mass is 19.4. The summed E-state index contributed by atoms with van der Waals surface area (Å²) in [7, 11) is 1.44. The number of hydrogen-bond acceptors (Lipinski definition) is 2. The van der Waals surface area contributed by atoms with Gasteiger partial charge in [-0.15, -0.1) is 0 Å². The zero-order chi connectivity index (χ0) is 22.7. The molecule has 1 saturated heterocycles. The van der Waals surface area contributed by atoms with Crippen LogP contribution in [-0.2, 0) is 19.6 Å². The summed E-state index contributed by atoms with van der Waals surface area (Å²) < 4.78 is 36.3. The van der Waals surface area contributed by atoms with Crippen LogP contribution >= 0.6 is 0 Å². The fraction of sp³-hybridized carbons (Fsp3) is 0.458. The molecule has 0 atom stereocenters. The van der Waals surface area contributed by atoms with Gasteiger partial charge in [-0.1, -0.05) is 68.5 Å². The van der Waals surface area contributed by atoms with Gasteiger partial charge in [-0.2, -0.15) is 18.3 Å². The summed E-state index contributed by atoms with van der Waals surface area (Å²) in [5.41, 5.74) is 0.568. The van der Waals surface area contributed by atoms with Crippen molar-refractivity contribution in [2.24, 2.45) is 7.05 Å². The molecular formula is C24H36F3N3. The molecule has 1 aliphatic heterocycles. The van der Waals surface area contributed by atoms with Gasteiger partial charge in [0, 0.05) is 13.2 Å². The first-order valence-electron chi connectivity index (χ1n) is 10.5. The van der Waals surface area contributed by atoms with Crippen molar-refractivity contribution in [2.75, 3.05) is 13.1 Å². The Labute approximate surface area is 179 Å². The molecule has 30 heavy (non-hydrogen) atoms. The molecule has 0 amide bonds. The lowest BCUT2D eigenvalue weighted by Gasteiger charge is -2.09. The minimum Gasteiger partial charge on any atom is -0.317 e. The second-order valence-electron chi connectivity index (χ2n) is 6.28. The number of aryl methyl sites for hydroxylation is 2. The summed E-state index contributed by atoms with van der Waals surface area (Å²) in [6.07, 6.45) is 10.4. The average molecular weight is 424 g/mol. The number of nitrogens with zero attached hydrogens (tertiary/aromatic N) is 2. The molecule has 0 aliphatic carbocycles. The maximum Gasteiger partial charge on any atom is 0.435 e. The Morgan fingerprint density at radius 2 is 1.63 bits per heavy atom. The van der Waals surface area contributed by atoms with E-state index in [9.17, 15) is 13.2 Å². The molecule has 1 aliphatic rings. The van der Waals surface area contributed by atoms with Crippen LogP contribution in [0.25, 0.3) is 0 Å². The van der Waals surface area contributed by atoms with E-state index in [1.807, 2.05) is 13.8 Å². The van der Waals surface area contributed by atoms with Crippen molar-refractivity contribution in [2.45, 2.75) is 52.6 Å². The van der Waals surface area contributed by atoms with Crippen molar-refractivity contribution in [1.29, 1.82) is 0 Å². The first kappa shape index (κ1) is 27.7. The van der Waals surface area contributed by atoms with Crippen LogP contribution in [0.3, 0.4) is 0 Å². The topological polar surface area (TPSA) is 29.9 Å². The number of benzene rings is 1. The van der Waals surface area contributed by atoms with Crippen molar-refractivity contribution < 1.29 is 13.2 Å². The molecule has 3 nitrogen and oxygen atoms in total. The molecular weight excluding hydrogens is 387 g/mol. The van der Waals surface area contributed by atoms with E-state index in [1.165, 1.54) is 38.3 Å². The number of nitrogens with one attached hydrogen (secondary N) is 1. The molecule has 0 spiro atoms. The van der Waals surface area contributed by atoms with E-state index >= 15 is 0 Å². The monoisotopic (exact) mass is 423 g/mol. The number of rotatable bonds is 5. The Morgan fingerprint density at radius 3 is 2.03 bits per heavy atom. The molecule has 2 aromatic rings. The molecule has 3 rings (SSSR count). The van der Waals surface area contributed by atoms with Crippen molar-refractivity contribution in [3.63, 3.8) is 0 Å². The lowest BCUT2D eigenvalue weighted by molar-refractivity contribution is -0.141. The molecule has 0 radical (unpaired) electrons. The van der Waals surface area contributed by atoms with Gasteiger partial charge in [-0.05, 0) is 57.3 Å². The zero-order valence-corrected chi connectivity index (χ0v) is 18.6. The van der Waals surface area contributed by atoms with Gasteiger partial charge in [0.25, 0.3) is 0 Å². The van der Waals surface area contributed by atoms with Gasteiger partial charge in [-0.3, -0.25) is 4.68 Å². The van der Waals surface area contributed by atoms with Crippen LogP contribution in [0.15, 0.2) is 66.9 Å². The molecule has 1 fully saturated rings. The van der Waals surface area contributed by atoms with Crippen LogP contribution in [0.2, 0.25) is 0 Å². The fourth-order valence-corrected chi connectivity index (χ4v) is 2.07. The highest BCUT2D eigenvalue weighted by Crippen LogP contribution is 2.26. The number of halogens is 3. The van der Waals surface area contributed by atoms with Gasteiger partial charge in [0.15, 0.2) is 5.69 Å². The maximum absolute atomic E-state index is 11.7. The third-order valence-corrected chi connectivity index (χ3v) is 3.83. The second kappa shape index (κ2) is 17.5. The van der Waals surface area contributed by atoms with Crippen LogP contribution in [0, 0.1) is 0 Å². The largest absolute Gasteiger partial charge is 0.435 e.